The number of hydrogen-bond acceptors (Lipinski definition) is 8. The van der Waals surface area contributed by atoms with Crippen molar-refractivity contribution in [1.82, 2.24) is 4.90 Å². The molecule has 0 unspecified atom stereocenters. The second-order valence-electron chi connectivity index (χ2n) is 11.3. The Morgan fingerprint density at radius 2 is 1.90 bits per heavy atom. The highest BCUT2D eigenvalue weighted by Gasteiger charge is 2.64. The highest BCUT2D eigenvalue weighted by molar-refractivity contribution is 6.24. The number of allylic oxidation sites excluding steroid dienone is 2. The molecule has 4 aliphatic rings. The van der Waals surface area contributed by atoms with E-state index in [1.807, 2.05) is 13.0 Å². The maximum absolute atomic E-state index is 14.0. The topological polar surface area (TPSA) is 161 Å². The van der Waals surface area contributed by atoms with E-state index in [2.05, 4.69) is 17.9 Å². The number of aliphatic hydroxyl groups excluding tert-OH is 2. The number of phenols is 1. The van der Waals surface area contributed by atoms with E-state index in [1.54, 1.807) is 14.1 Å². The Hall–Kier alpha value is -3.87. The van der Waals surface area contributed by atoms with Crippen LogP contribution in [-0.4, -0.2) is 68.5 Å². The Bertz CT molecular complexity index is 1500. The Morgan fingerprint density at radius 1 is 1.18 bits per heavy atom. The SMILES string of the molecule is CCc1cc(C#CC2=CCCCC2)c(O)c2c1C[C@H]1C[C@H]3[C@H](N(C)C)C(=O)C(C(N)=O)=C(O)[C@@]3(O)C(=O)C1=C2O. The van der Waals surface area contributed by atoms with E-state index in [9.17, 15) is 34.8 Å². The first-order chi connectivity index (χ1) is 18.9. The fraction of sp³-hybridized carbons (Fsp3) is 0.452. The van der Waals surface area contributed by atoms with Crippen molar-refractivity contribution in [3.63, 3.8) is 0 Å². The van der Waals surface area contributed by atoms with Gasteiger partial charge in [-0.2, -0.15) is 0 Å². The number of nitrogens with two attached hydrogens (primary N) is 1. The van der Waals surface area contributed by atoms with Crippen molar-refractivity contribution in [3.05, 3.63) is 56.9 Å². The zero-order valence-electron chi connectivity index (χ0n) is 22.9. The molecule has 4 atom stereocenters. The monoisotopic (exact) mass is 546 g/mol. The van der Waals surface area contributed by atoms with Crippen molar-refractivity contribution >= 4 is 23.2 Å². The number of carbonyl (C=O) groups is 3. The van der Waals surface area contributed by atoms with E-state index in [1.165, 1.54) is 4.90 Å². The molecule has 1 saturated carbocycles. The number of hydrogen-bond donors (Lipinski definition) is 5. The molecule has 0 saturated heterocycles. The van der Waals surface area contributed by atoms with Crippen LogP contribution in [0.2, 0.25) is 0 Å². The van der Waals surface area contributed by atoms with Crippen molar-refractivity contribution in [2.75, 3.05) is 14.1 Å². The molecule has 0 bridgehead atoms. The third kappa shape index (κ3) is 3.97. The Balaban J connectivity index is 1.69. The summed E-state index contributed by atoms with van der Waals surface area (Å²) in [5, 5.41) is 45.5. The first-order valence-electron chi connectivity index (χ1n) is 13.7. The van der Waals surface area contributed by atoms with Gasteiger partial charge in [0, 0.05) is 11.5 Å². The van der Waals surface area contributed by atoms with E-state index in [-0.39, 0.29) is 29.7 Å². The summed E-state index contributed by atoms with van der Waals surface area (Å²) in [6.45, 7) is 1.95. The number of amides is 1. The maximum Gasteiger partial charge on any atom is 0.255 e. The predicted octanol–water partition coefficient (Wildman–Crippen LogP) is 2.38. The second kappa shape index (κ2) is 9.95. The van der Waals surface area contributed by atoms with Gasteiger partial charge >= 0.3 is 0 Å². The lowest BCUT2D eigenvalue weighted by Crippen LogP contribution is -2.65. The fourth-order valence-corrected chi connectivity index (χ4v) is 6.90. The fourth-order valence-electron chi connectivity index (χ4n) is 6.90. The summed E-state index contributed by atoms with van der Waals surface area (Å²) >= 11 is 0. The van der Waals surface area contributed by atoms with Gasteiger partial charge in [0.25, 0.3) is 5.91 Å². The standard InChI is InChI=1S/C31H34N2O7/c1-4-16-12-17(11-10-15-8-6-5-7-9-15)25(34)22-19(16)13-18-14-20-24(33(2)3)27(36)23(30(32)39)29(38)31(20,40)28(37)21(18)26(22)35/h8,12,18,20,24,34-35,38,40H,4-7,9,13-14H2,1-3H3,(H2,32,39)/t18-,20-,24-,31-/m0/s1. The third-order valence-electron chi connectivity index (χ3n) is 8.84. The zero-order valence-corrected chi connectivity index (χ0v) is 22.9. The number of likely N-dealkylation sites (N-methyl/N-ethyl adjacent to an activating group) is 1. The number of phenolic OH excluding ortho intramolecular Hbond substituents is 1. The quantitative estimate of drug-likeness (QED) is 0.285. The molecule has 1 amide bonds. The molecule has 40 heavy (non-hydrogen) atoms. The molecule has 6 N–H and O–H groups in total. The molecule has 0 radical (unpaired) electrons. The van der Waals surface area contributed by atoms with Gasteiger partial charge in [-0.05, 0) is 87.7 Å². The smallest absolute Gasteiger partial charge is 0.255 e. The molecule has 1 fully saturated rings. The number of rotatable bonds is 3. The van der Waals surface area contributed by atoms with Crippen molar-refractivity contribution in [2.45, 2.75) is 63.5 Å². The molecule has 4 aliphatic carbocycles. The van der Waals surface area contributed by atoms with Crippen molar-refractivity contribution in [2.24, 2.45) is 17.6 Å². The van der Waals surface area contributed by atoms with Gasteiger partial charge in [-0.3, -0.25) is 19.3 Å². The van der Waals surface area contributed by atoms with E-state index in [4.69, 9.17) is 5.73 Å². The summed E-state index contributed by atoms with van der Waals surface area (Å²) < 4.78 is 0. The first kappa shape index (κ1) is 27.7. The third-order valence-corrected chi connectivity index (χ3v) is 8.84. The minimum Gasteiger partial charge on any atom is -0.508 e. The van der Waals surface area contributed by atoms with Crippen LogP contribution in [0.4, 0.5) is 0 Å². The number of nitrogens with zero attached hydrogens (tertiary/aromatic N) is 1. The van der Waals surface area contributed by atoms with Crippen LogP contribution in [0, 0.1) is 23.7 Å². The highest BCUT2D eigenvalue weighted by atomic mass is 16.3. The van der Waals surface area contributed by atoms with Crippen LogP contribution in [0.1, 0.15) is 61.3 Å². The first-order valence-corrected chi connectivity index (χ1v) is 13.7. The predicted molar refractivity (Wildman–Crippen MR) is 147 cm³/mol. The average Bonchev–Trinajstić information content (AvgIpc) is 2.90. The number of benzene rings is 1. The van der Waals surface area contributed by atoms with E-state index >= 15 is 0 Å². The Morgan fingerprint density at radius 3 is 2.50 bits per heavy atom. The number of fused-ring (bicyclic) bond motifs is 3. The summed E-state index contributed by atoms with van der Waals surface area (Å²) in [4.78, 5) is 40.8. The van der Waals surface area contributed by atoms with Crippen LogP contribution in [0.5, 0.6) is 5.75 Å². The number of aromatic hydroxyl groups is 1. The molecule has 0 heterocycles. The van der Waals surface area contributed by atoms with Gasteiger partial charge in [-0.25, -0.2) is 0 Å². The number of primary amides is 1. The number of aryl methyl sites for hydroxylation is 1. The Labute approximate surface area is 232 Å². The summed E-state index contributed by atoms with van der Waals surface area (Å²) in [6, 6.07) is 0.702. The highest BCUT2D eigenvalue weighted by Crippen LogP contribution is 2.53. The summed E-state index contributed by atoms with van der Waals surface area (Å²) in [7, 11) is 3.15. The molecule has 210 valence electrons. The van der Waals surface area contributed by atoms with Crippen LogP contribution < -0.4 is 5.73 Å². The van der Waals surface area contributed by atoms with Crippen LogP contribution in [-0.2, 0) is 27.2 Å². The molecule has 1 aromatic carbocycles. The van der Waals surface area contributed by atoms with Gasteiger partial charge in [0.05, 0.1) is 17.2 Å². The molecule has 0 aliphatic heterocycles. The maximum atomic E-state index is 14.0. The van der Waals surface area contributed by atoms with Crippen LogP contribution in [0.15, 0.2) is 34.6 Å². The average molecular weight is 547 g/mol. The number of carbonyl (C=O) groups excluding carboxylic acids is 3. The lowest BCUT2D eigenvalue weighted by Gasteiger charge is -2.50. The van der Waals surface area contributed by atoms with Gasteiger partial charge < -0.3 is 26.2 Å². The minimum atomic E-state index is -2.65. The minimum absolute atomic E-state index is 0.0609. The summed E-state index contributed by atoms with van der Waals surface area (Å²) in [5.74, 6) is -0.436. The summed E-state index contributed by atoms with van der Waals surface area (Å²) in [6.07, 6.45) is 7.00. The summed E-state index contributed by atoms with van der Waals surface area (Å²) in [5.41, 5.74) is 4.67. The van der Waals surface area contributed by atoms with Gasteiger partial charge in [0.15, 0.2) is 11.4 Å². The number of aliphatic hydroxyl groups is 3. The van der Waals surface area contributed by atoms with Crippen LogP contribution in [0.25, 0.3) is 5.76 Å². The molecule has 0 aromatic heterocycles. The van der Waals surface area contributed by atoms with E-state index in [0.29, 0.717) is 17.5 Å². The molecular formula is C31H34N2O7. The van der Waals surface area contributed by atoms with Gasteiger partial charge in [0.2, 0.25) is 5.78 Å². The zero-order chi connectivity index (χ0) is 29.1. The van der Waals surface area contributed by atoms with Crippen molar-refractivity contribution in [3.8, 4) is 17.6 Å². The van der Waals surface area contributed by atoms with Crippen LogP contribution in [0.3, 0.4) is 0 Å². The van der Waals surface area contributed by atoms with Crippen molar-refractivity contribution in [1.29, 1.82) is 0 Å². The molecule has 9 nitrogen and oxygen atoms in total. The largest absolute Gasteiger partial charge is 0.508 e. The lowest BCUT2D eigenvalue weighted by molar-refractivity contribution is -0.153. The van der Waals surface area contributed by atoms with Crippen molar-refractivity contribution < 1.29 is 34.8 Å². The van der Waals surface area contributed by atoms with Gasteiger partial charge in [-0.15, -0.1) is 0 Å². The number of Topliss-reactive ketones (excluding diaryl/α,β-unsaturated/α-hetero) is 2. The molecule has 0 spiro atoms. The second-order valence-corrected chi connectivity index (χ2v) is 11.3. The molecular weight excluding hydrogens is 512 g/mol. The normalized spacial score (nSPS) is 27.9. The lowest BCUT2D eigenvalue weighted by atomic mass is 9.57. The Kier molecular flexibility index (Phi) is 6.89. The van der Waals surface area contributed by atoms with E-state index < -0.39 is 58.0 Å². The number of ketones is 2. The van der Waals surface area contributed by atoms with E-state index in [0.717, 1.165) is 36.8 Å². The van der Waals surface area contributed by atoms with Gasteiger partial charge in [0.1, 0.15) is 22.8 Å². The molecule has 5 rings (SSSR count). The van der Waals surface area contributed by atoms with Gasteiger partial charge in [-0.1, -0.05) is 24.8 Å². The molecule has 1 aromatic rings. The van der Waals surface area contributed by atoms with Crippen LogP contribution >= 0.6 is 0 Å². The molecule has 9 heteroatoms.